The molecular formula is C17H21N3O2. The first-order valence-corrected chi connectivity index (χ1v) is 7.66. The Morgan fingerprint density at radius 3 is 2.91 bits per heavy atom. The molecule has 0 amide bonds. The van der Waals surface area contributed by atoms with Gasteiger partial charge in [-0.2, -0.15) is 0 Å². The first-order valence-electron chi connectivity index (χ1n) is 7.66. The van der Waals surface area contributed by atoms with Crippen LogP contribution in [0.5, 0.6) is 5.75 Å². The number of hydrogen-bond acceptors (Lipinski definition) is 5. The van der Waals surface area contributed by atoms with Crippen molar-refractivity contribution in [1.29, 1.82) is 0 Å². The molecule has 5 nitrogen and oxygen atoms in total. The van der Waals surface area contributed by atoms with Gasteiger partial charge in [0.2, 0.25) is 0 Å². The highest BCUT2D eigenvalue weighted by molar-refractivity contribution is 5.37. The summed E-state index contributed by atoms with van der Waals surface area (Å²) in [4.78, 5) is 8.96. The standard InChI is InChI=1S/C17H21N3O2/c1-13-19-16(14-7-9-21-12-14)11-17(20-13)18-8-10-22-15-5-3-2-4-6-15/h2-6,11,14H,7-10,12H2,1H3,(H,18,19,20)/t14-/m0/s1. The molecule has 1 atom stereocenters. The fourth-order valence-electron chi connectivity index (χ4n) is 2.52. The molecule has 1 fully saturated rings. The van der Waals surface area contributed by atoms with E-state index in [1.807, 2.05) is 43.3 Å². The predicted octanol–water partition coefficient (Wildman–Crippen LogP) is 2.78. The molecule has 1 aromatic heterocycles. The molecule has 0 saturated carbocycles. The molecule has 1 saturated heterocycles. The molecule has 116 valence electrons. The van der Waals surface area contributed by atoms with Crippen molar-refractivity contribution >= 4 is 5.82 Å². The maximum absolute atomic E-state index is 5.66. The van der Waals surface area contributed by atoms with E-state index in [2.05, 4.69) is 15.3 Å². The van der Waals surface area contributed by atoms with Crippen molar-refractivity contribution in [2.24, 2.45) is 0 Å². The Morgan fingerprint density at radius 2 is 2.14 bits per heavy atom. The molecule has 3 rings (SSSR count). The summed E-state index contributed by atoms with van der Waals surface area (Å²) < 4.78 is 11.1. The van der Waals surface area contributed by atoms with Crippen molar-refractivity contribution < 1.29 is 9.47 Å². The van der Waals surface area contributed by atoms with Crippen LogP contribution in [0.15, 0.2) is 36.4 Å². The lowest BCUT2D eigenvalue weighted by molar-refractivity contribution is 0.193. The summed E-state index contributed by atoms with van der Waals surface area (Å²) >= 11 is 0. The molecule has 0 spiro atoms. The quantitative estimate of drug-likeness (QED) is 0.831. The molecule has 0 bridgehead atoms. The number of hydrogen-bond donors (Lipinski definition) is 1. The lowest BCUT2D eigenvalue weighted by atomic mass is 10.0. The van der Waals surface area contributed by atoms with Gasteiger partial charge in [-0.3, -0.25) is 0 Å². The normalized spacial score (nSPS) is 17.4. The second-order valence-corrected chi connectivity index (χ2v) is 5.37. The van der Waals surface area contributed by atoms with Crippen LogP contribution in [0.2, 0.25) is 0 Å². The summed E-state index contributed by atoms with van der Waals surface area (Å²) in [6.07, 6.45) is 1.03. The van der Waals surface area contributed by atoms with E-state index in [9.17, 15) is 0 Å². The Hall–Kier alpha value is -2.14. The lowest BCUT2D eigenvalue weighted by Gasteiger charge is -2.12. The number of nitrogens with one attached hydrogen (secondary N) is 1. The van der Waals surface area contributed by atoms with Gasteiger partial charge >= 0.3 is 0 Å². The molecule has 1 aromatic carbocycles. The van der Waals surface area contributed by atoms with Gasteiger partial charge in [0.15, 0.2) is 0 Å². The molecule has 0 radical (unpaired) electrons. The SMILES string of the molecule is Cc1nc(NCCOc2ccccc2)cc([C@H]2CCOC2)n1. The summed E-state index contributed by atoms with van der Waals surface area (Å²) in [5.41, 5.74) is 1.07. The average Bonchev–Trinajstić information content (AvgIpc) is 3.07. The molecular weight excluding hydrogens is 278 g/mol. The van der Waals surface area contributed by atoms with Gasteiger partial charge in [0, 0.05) is 18.6 Å². The van der Waals surface area contributed by atoms with Gasteiger partial charge in [-0.05, 0) is 25.5 Å². The number of rotatable bonds is 6. The minimum Gasteiger partial charge on any atom is -0.492 e. The van der Waals surface area contributed by atoms with Gasteiger partial charge in [0.05, 0.1) is 18.8 Å². The van der Waals surface area contributed by atoms with E-state index in [-0.39, 0.29) is 0 Å². The average molecular weight is 299 g/mol. The van der Waals surface area contributed by atoms with E-state index < -0.39 is 0 Å². The molecule has 0 unspecified atom stereocenters. The van der Waals surface area contributed by atoms with Crippen LogP contribution in [-0.2, 0) is 4.74 Å². The fourth-order valence-corrected chi connectivity index (χ4v) is 2.52. The van der Waals surface area contributed by atoms with Crippen molar-refractivity contribution in [2.75, 3.05) is 31.7 Å². The van der Waals surface area contributed by atoms with Gasteiger partial charge in [-0.1, -0.05) is 18.2 Å². The number of para-hydroxylation sites is 1. The maximum atomic E-state index is 5.66. The van der Waals surface area contributed by atoms with Crippen LogP contribution in [0.4, 0.5) is 5.82 Å². The number of aryl methyl sites for hydroxylation is 1. The second-order valence-electron chi connectivity index (χ2n) is 5.37. The van der Waals surface area contributed by atoms with E-state index in [0.717, 1.165) is 42.7 Å². The van der Waals surface area contributed by atoms with Crippen molar-refractivity contribution in [3.8, 4) is 5.75 Å². The Balaban J connectivity index is 1.53. The number of anilines is 1. The molecule has 2 heterocycles. The van der Waals surface area contributed by atoms with Crippen LogP contribution < -0.4 is 10.1 Å². The van der Waals surface area contributed by atoms with E-state index >= 15 is 0 Å². The Labute approximate surface area is 130 Å². The van der Waals surface area contributed by atoms with Crippen LogP contribution in [0.1, 0.15) is 23.9 Å². The zero-order valence-corrected chi connectivity index (χ0v) is 12.8. The van der Waals surface area contributed by atoms with Crippen molar-refractivity contribution in [2.45, 2.75) is 19.3 Å². The summed E-state index contributed by atoms with van der Waals surface area (Å²) in [6, 6.07) is 11.8. The lowest BCUT2D eigenvalue weighted by Crippen LogP contribution is -2.14. The summed E-state index contributed by atoms with van der Waals surface area (Å²) in [5, 5.41) is 3.30. The summed E-state index contributed by atoms with van der Waals surface area (Å²) in [6.45, 7) is 4.79. The monoisotopic (exact) mass is 299 g/mol. The predicted molar refractivity (Wildman–Crippen MR) is 85.4 cm³/mol. The summed E-state index contributed by atoms with van der Waals surface area (Å²) in [5.74, 6) is 2.91. The van der Waals surface area contributed by atoms with E-state index in [0.29, 0.717) is 19.1 Å². The zero-order chi connectivity index (χ0) is 15.2. The highest BCUT2D eigenvalue weighted by Crippen LogP contribution is 2.24. The second kappa shape index (κ2) is 7.22. The van der Waals surface area contributed by atoms with Crippen molar-refractivity contribution in [1.82, 2.24) is 9.97 Å². The smallest absolute Gasteiger partial charge is 0.130 e. The third kappa shape index (κ3) is 3.95. The fraction of sp³-hybridized carbons (Fsp3) is 0.412. The van der Waals surface area contributed by atoms with Gasteiger partial charge in [0.25, 0.3) is 0 Å². The molecule has 22 heavy (non-hydrogen) atoms. The number of nitrogens with zero attached hydrogens (tertiary/aromatic N) is 2. The molecule has 0 aliphatic carbocycles. The van der Waals surface area contributed by atoms with Crippen molar-refractivity contribution in [3.05, 3.63) is 47.9 Å². The van der Waals surface area contributed by atoms with Gasteiger partial charge in [0.1, 0.15) is 24.0 Å². The summed E-state index contributed by atoms with van der Waals surface area (Å²) in [7, 11) is 0. The zero-order valence-electron chi connectivity index (χ0n) is 12.8. The maximum Gasteiger partial charge on any atom is 0.130 e. The van der Waals surface area contributed by atoms with E-state index in [4.69, 9.17) is 9.47 Å². The van der Waals surface area contributed by atoms with E-state index in [1.54, 1.807) is 0 Å². The minimum atomic E-state index is 0.391. The molecule has 5 heteroatoms. The highest BCUT2D eigenvalue weighted by atomic mass is 16.5. The van der Waals surface area contributed by atoms with Crippen molar-refractivity contribution in [3.63, 3.8) is 0 Å². The Kier molecular flexibility index (Phi) is 4.85. The van der Waals surface area contributed by atoms with Crippen LogP contribution in [0.3, 0.4) is 0 Å². The Bertz CT molecular complexity index is 598. The first-order chi connectivity index (χ1) is 10.8. The minimum absolute atomic E-state index is 0.391. The Morgan fingerprint density at radius 1 is 1.27 bits per heavy atom. The topological polar surface area (TPSA) is 56.3 Å². The third-order valence-electron chi connectivity index (χ3n) is 3.63. The van der Waals surface area contributed by atoms with Crippen LogP contribution >= 0.6 is 0 Å². The van der Waals surface area contributed by atoms with Crippen LogP contribution in [0, 0.1) is 6.92 Å². The van der Waals surface area contributed by atoms with Gasteiger partial charge < -0.3 is 14.8 Å². The van der Waals surface area contributed by atoms with Crippen LogP contribution in [-0.4, -0.2) is 36.3 Å². The molecule has 1 aliphatic rings. The number of ether oxygens (including phenoxy) is 2. The third-order valence-corrected chi connectivity index (χ3v) is 3.63. The van der Waals surface area contributed by atoms with Crippen LogP contribution in [0.25, 0.3) is 0 Å². The largest absolute Gasteiger partial charge is 0.492 e. The highest BCUT2D eigenvalue weighted by Gasteiger charge is 2.20. The molecule has 1 aliphatic heterocycles. The van der Waals surface area contributed by atoms with Gasteiger partial charge in [-0.25, -0.2) is 9.97 Å². The van der Waals surface area contributed by atoms with Gasteiger partial charge in [-0.15, -0.1) is 0 Å². The first kappa shape index (κ1) is 14.8. The van der Waals surface area contributed by atoms with E-state index in [1.165, 1.54) is 0 Å². The number of benzene rings is 1. The molecule has 2 aromatic rings. The molecule has 1 N–H and O–H groups in total. The number of aromatic nitrogens is 2.